The number of nitrogens with zero attached hydrogens (tertiary/aromatic N) is 2. The number of rotatable bonds is 5. The van der Waals surface area contributed by atoms with E-state index in [1.54, 1.807) is 6.92 Å². The standard InChI is InChI=1S/C9H11F3N2O2S/c1-2-14(5-9(10,11)12)3-6-4-17-7(13-6)8(15)16/h4H,2-3,5H2,1H3,(H,15,16). The zero-order valence-corrected chi connectivity index (χ0v) is 9.81. The molecular formula is C9H11F3N2O2S. The molecule has 1 aromatic heterocycles. The average molecular weight is 268 g/mol. The fourth-order valence-corrected chi connectivity index (χ4v) is 1.89. The van der Waals surface area contributed by atoms with Gasteiger partial charge in [0.25, 0.3) is 0 Å². The van der Waals surface area contributed by atoms with Gasteiger partial charge < -0.3 is 5.11 Å². The monoisotopic (exact) mass is 268 g/mol. The normalized spacial score (nSPS) is 12.1. The van der Waals surface area contributed by atoms with E-state index in [4.69, 9.17) is 5.11 Å². The van der Waals surface area contributed by atoms with E-state index in [2.05, 4.69) is 4.98 Å². The van der Waals surface area contributed by atoms with Crippen LogP contribution in [-0.4, -0.2) is 40.2 Å². The molecule has 4 nitrogen and oxygen atoms in total. The van der Waals surface area contributed by atoms with Crippen LogP contribution in [0.5, 0.6) is 0 Å². The summed E-state index contributed by atoms with van der Waals surface area (Å²) in [6.45, 7) is 0.804. The minimum atomic E-state index is -4.26. The van der Waals surface area contributed by atoms with Gasteiger partial charge in [0.05, 0.1) is 12.2 Å². The summed E-state index contributed by atoms with van der Waals surface area (Å²) in [7, 11) is 0. The van der Waals surface area contributed by atoms with Crippen LogP contribution in [0.3, 0.4) is 0 Å². The number of halogens is 3. The van der Waals surface area contributed by atoms with Crippen molar-refractivity contribution in [2.45, 2.75) is 19.6 Å². The molecule has 1 N–H and O–H groups in total. The van der Waals surface area contributed by atoms with Gasteiger partial charge in [-0.2, -0.15) is 13.2 Å². The van der Waals surface area contributed by atoms with Gasteiger partial charge in [0.1, 0.15) is 0 Å². The summed E-state index contributed by atoms with van der Waals surface area (Å²) in [6.07, 6.45) is -4.26. The molecule has 1 rings (SSSR count). The number of carbonyl (C=O) groups is 1. The molecular weight excluding hydrogens is 257 g/mol. The second kappa shape index (κ2) is 5.46. The zero-order chi connectivity index (χ0) is 13.1. The van der Waals surface area contributed by atoms with E-state index in [-0.39, 0.29) is 18.1 Å². The lowest BCUT2D eigenvalue weighted by Gasteiger charge is -2.20. The molecule has 0 amide bonds. The molecule has 0 atom stereocenters. The van der Waals surface area contributed by atoms with Gasteiger partial charge in [-0.25, -0.2) is 9.78 Å². The lowest BCUT2D eigenvalue weighted by molar-refractivity contribution is -0.146. The van der Waals surface area contributed by atoms with Crippen molar-refractivity contribution in [3.8, 4) is 0 Å². The Morgan fingerprint density at radius 3 is 2.65 bits per heavy atom. The molecule has 0 spiro atoms. The zero-order valence-electron chi connectivity index (χ0n) is 8.99. The van der Waals surface area contributed by atoms with Crippen molar-refractivity contribution in [3.05, 3.63) is 16.1 Å². The first-order chi connectivity index (χ1) is 7.81. The van der Waals surface area contributed by atoms with Crippen molar-refractivity contribution in [3.63, 3.8) is 0 Å². The van der Waals surface area contributed by atoms with Crippen LogP contribution in [0.25, 0.3) is 0 Å². The number of aromatic nitrogens is 1. The molecule has 0 fully saturated rings. The Balaban J connectivity index is 2.64. The van der Waals surface area contributed by atoms with Gasteiger partial charge in [0.15, 0.2) is 0 Å². The highest BCUT2D eigenvalue weighted by molar-refractivity contribution is 7.11. The summed E-state index contributed by atoms with van der Waals surface area (Å²) < 4.78 is 36.5. The summed E-state index contributed by atoms with van der Waals surface area (Å²) >= 11 is 0.910. The third-order valence-electron chi connectivity index (χ3n) is 1.97. The number of thiazole rings is 1. The van der Waals surface area contributed by atoms with Crippen molar-refractivity contribution in [2.24, 2.45) is 0 Å². The van der Waals surface area contributed by atoms with E-state index < -0.39 is 18.7 Å². The van der Waals surface area contributed by atoms with Crippen molar-refractivity contribution < 1.29 is 23.1 Å². The van der Waals surface area contributed by atoms with E-state index >= 15 is 0 Å². The minimum Gasteiger partial charge on any atom is -0.476 e. The Hall–Kier alpha value is -1.15. The van der Waals surface area contributed by atoms with Crippen molar-refractivity contribution >= 4 is 17.3 Å². The molecule has 0 saturated heterocycles. The molecule has 0 bridgehead atoms. The lowest BCUT2D eigenvalue weighted by atomic mass is 10.4. The van der Waals surface area contributed by atoms with Crippen LogP contribution in [0.2, 0.25) is 0 Å². The quantitative estimate of drug-likeness (QED) is 0.889. The number of alkyl halides is 3. The first-order valence-electron chi connectivity index (χ1n) is 4.78. The number of aromatic carboxylic acids is 1. The van der Waals surface area contributed by atoms with E-state index in [1.165, 1.54) is 5.38 Å². The molecule has 0 aliphatic heterocycles. The van der Waals surface area contributed by atoms with Gasteiger partial charge in [-0.1, -0.05) is 6.92 Å². The van der Waals surface area contributed by atoms with Gasteiger partial charge in [-0.3, -0.25) is 4.90 Å². The largest absolute Gasteiger partial charge is 0.476 e. The molecule has 0 radical (unpaired) electrons. The smallest absolute Gasteiger partial charge is 0.401 e. The first kappa shape index (κ1) is 13.9. The molecule has 8 heteroatoms. The average Bonchev–Trinajstić information content (AvgIpc) is 2.63. The second-order valence-electron chi connectivity index (χ2n) is 3.37. The molecule has 0 saturated carbocycles. The first-order valence-corrected chi connectivity index (χ1v) is 5.66. The van der Waals surface area contributed by atoms with Crippen LogP contribution in [0.1, 0.15) is 22.4 Å². The lowest BCUT2D eigenvalue weighted by Crippen LogP contribution is -2.33. The van der Waals surface area contributed by atoms with E-state index in [9.17, 15) is 18.0 Å². The highest BCUT2D eigenvalue weighted by Crippen LogP contribution is 2.18. The summed E-state index contributed by atoms with van der Waals surface area (Å²) in [5, 5.41) is 9.98. The van der Waals surface area contributed by atoms with Crippen LogP contribution in [-0.2, 0) is 6.54 Å². The number of hydrogen-bond donors (Lipinski definition) is 1. The highest BCUT2D eigenvalue weighted by atomic mass is 32.1. The number of hydrogen-bond acceptors (Lipinski definition) is 4. The van der Waals surface area contributed by atoms with Crippen LogP contribution >= 0.6 is 11.3 Å². The molecule has 0 aliphatic carbocycles. The van der Waals surface area contributed by atoms with Gasteiger partial charge in [0.2, 0.25) is 5.01 Å². The Labute approximate surface area is 99.7 Å². The molecule has 96 valence electrons. The number of carboxylic acid groups (broad SMARTS) is 1. The van der Waals surface area contributed by atoms with Gasteiger partial charge in [0, 0.05) is 11.9 Å². The number of carboxylic acids is 1. The fourth-order valence-electron chi connectivity index (χ4n) is 1.24. The van der Waals surface area contributed by atoms with Crippen LogP contribution in [0.15, 0.2) is 5.38 Å². The van der Waals surface area contributed by atoms with E-state index in [0.717, 1.165) is 16.2 Å². The third-order valence-corrected chi connectivity index (χ3v) is 2.85. The summed E-state index contributed by atoms with van der Waals surface area (Å²) in [5.74, 6) is -1.17. The Morgan fingerprint density at radius 2 is 2.24 bits per heavy atom. The topological polar surface area (TPSA) is 53.4 Å². The maximum absolute atomic E-state index is 12.2. The van der Waals surface area contributed by atoms with E-state index in [1.807, 2.05) is 0 Å². The molecule has 1 heterocycles. The Bertz CT molecular complexity index is 392. The van der Waals surface area contributed by atoms with Gasteiger partial charge >= 0.3 is 12.1 Å². The SMILES string of the molecule is CCN(Cc1csc(C(=O)O)n1)CC(F)(F)F. The fraction of sp³-hybridized carbons (Fsp3) is 0.556. The Morgan fingerprint density at radius 1 is 1.59 bits per heavy atom. The second-order valence-corrected chi connectivity index (χ2v) is 4.23. The third kappa shape index (κ3) is 4.70. The summed E-state index contributed by atoms with van der Waals surface area (Å²) in [5.41, 5.74) is 0.346. The molecule has 0 aromatic carbocycles. The summed E-state index contributed by atoms with van der Waals surface area (Å²) in [4.78, 5) is 15.4. The minimum absolute atomic E-state index is 0.000208. The molecule has 1 aromatic rings. The predicted molar refractivity (Wildman–Crippen MR) is 56.1 cm³/mol. The van der Waals surface area contributed by atoms with Gasteiger partial charge in [-0.15, -0.1) is 11.3 Å². The molecule has 0 aliphatic rings. The van der Waals surface area contributed by atoms with Crippen LogP contribution in [0.4, 0.5) is 13.2 Å². The molecule has 17 heavy (non-hydrogen) atoms. The Kier molecular flexibility index (Phi) is 4.47. The van der Waals surface area contributed by atoms with Gasteiger partial charge in [-0.05, 0) is 6.54 Å². The van der Waals surface area contributed by atoms with E-state index in [0.29, 0.717) is 5.69 Å². The van der Waals surface area contributed by atoms with Crippen LogP contribution in [0, 0.1) is 0 Å². The van der Waals surface area contributed by atoms with Crippen molar-refractivity contribution in [1.29, 1.82) is 0 Å². The van der Waals surface area contributed by atoms with Crippen LogP contribution < -0.4 is 0 Å². The predicted octanol–water partition coefficient (Wildman–Crippen LogP) is 2.23. The maximum Gasteiger partial charge on any atom is 0.401 e. The van der Waals surface area contributed by atoms with Crippen molar-refractivity contribution in [2.75, 3.05) is 13.1 Å². The molecule has 0 unspecified atom stereocenters. The maximum atomic E-state index is 12.2. The van der Waals surface area contributed by atoms with Crippen molar-refractivity contribution in [1.82, 2.24) is 9.88 Å². The summed E-state index contributed by atoms with van der Waals surface area (Å²) in [6, 6.07) is 0. The highest BCUT2D eigenvalue weighted by Gasteiger charge is 2.30.